The highest BCUT2D eigenvalue weighted by Crippen LogP contribution is 2.15. The zero-order chi connectivity index (χ0) is 17.5. The molecule has 0 radical (unpaired) electrons. The van der Waals surface area contributed by atoms with Crippen LogP contribution in [0, 0.1) is 0 Å². The van der Waals surface area contributed by atoms with Gasteiger partial charge < -0.3 is 15.1 Å². The molecule has 0 amide bonds. The maximum Gasteiger partial charge on any atom is 0.244 e. The molecule has 1 aliphatic heterocycles. The molecular formula is C18H27N7. The number of benzene rings is 1. The van der Waals surface area contributed by atoms with Gasteiger partial charge in [-0.1, -0.05) is 30.3 Å². The second-order valence-electron chi connectivity index (χ2n) is 6.62. The van der Waals surface area contributed by atoms with Crippen molar-refractivity contribution in [3.05, 3.63) is 42.1 Å². The molecule has 0 saturated carbocycles. The molecule has 25 heavy (non-hydrogen) atoms. The lowest BCUT2D eigenvalue weighted by Gasteiger charge is -2.35. The van der Waals surface area contributed by atoms with Crippen molar-refractivity contribution in [2.75, 3.05) is 63.6 Å². The van der Waals surface area contributed by atoms with Crippen molar-refractivity contribution < 1.29 is 0 Å². The standard InChI is InChI=1S/C18H27N7/c1-23(2)9-8-19-18-21-17(14-20-22-18)25-12-10-24(11-13-25)15-16-6-4-3-5-7-16/h3-7,14H,8-13,15H2,1-2H3,(H,19,21,22). The number of nitrogens with one attached hydrogen (secondary N) is 1. The molecule has 1 aromatic heterocycles. The highest BCUT2D eigenvalue weighted by Gasteiger charge is 2.18. The Labute approximate surface area is 149 Å². The van der Waals surface area contributed by atoms with Crippen LogP contribution < -0.4 is 10.2 Å². The lowest BCUT2D eigenvalue weighted by molar-refractivity contribution is 0.249. The van der Waals surface area contributed by atoms with E-state index < -0.39 is 0 Å². The normalized spacial score (nSPS) is 15.6. The van der Waals surface area contributed by atoms with Crippen molar-refractivity contribution >= 4 is 11.8 Å². The SMILES string of the molecule is CN(C)CCNc1nncc(N2CCN(Cc3ccccc3)CC2)n1. The van der Waals surface area contributed by atoms with E-state index in [1.807, 2.05) is 14.1 Å². The second-order valence-corrected chi connectivity index (χ2v) is 6.62. The maximum atomic E-state index is 4.61. The Balaban J connectivity index is 1.50. The Hall–Kier alpha value is -2.25. The Morgan fingerprint density at radius 1 is 1.08 bits per heavy atom. The summed E-state index contributed by atoms with van der Waals surface area (Å²) in [5.74, 6) is 1.51. The zero-order valence-electron chi connectivity index (χ0n) is 15.1. The van der Waals surface area contributed by atoms with Crippen molar-refractivity contribution in [3.63, 3.8) is 0 Å². The fraction of sp³-hybridized carbons (Fsp3) is 0.500. The van der Waals surface area contributed by atoms with Crippen molar-refractivity contribution in [1.82, 2.24) is 25.0 Å². The van der Waals surface area contributed by atoms with E-state index in [1.165, 1.54) is 5.56 Å². The van der Waals surface area contributed by atoms with Crippen LogP contribution in [0.1, 0.15) is 5.56 Å². The van der Waals surface area contributed by atoms with Gasteiger partial charge in [-0.25, -0.2) is 0 Å². The minimum atomic E-state index is 0.603. The largest absolute Gasteiger partial charge is 0.353 e. The van der Waals surface area contributed by atoms with Gasteiger partial charge >= 0.3 is 0 Å². The number of nitrogens with zero attached hydrogens (tertiary/aromatic N) is 6. The summed E-state index contributed by atoms with van der Waals surface area (Å²) in [5, 5.41) is 11.4. The molecule has 0 aliphatic carbocycles. The van der Waals surface area contributed by atoms with Gasteiger partial charge in [0.1, 0.15) is 0 Å². The molecule has 7 heteroatoms. The number of aromatic nitrogens is 3. The van der Waals surface area contributed by atoms with Crippen LogP contribution in [0.5, 0.6) is 0 Å². The zero-order valence-corrected chi connectivity index (χ0v) is 15.1. The third-order valence-corrected chi connectivity index (χ3v) is 4.33. The molecule has 1 aliphatic rings. The van der Waals surface area contributed by atoms with E-state index in [4.69, 9.17) is 0 Å². The monoisotopic (exact) mass is 341 g/mol. The smallest absolute Gasteiger partial charge is 0.244 e. The van der Waals surface area contributed by atoms with E-state index in [-0.39, 0.29) is 0 Å². The number of likely N-dealkylation sites (N-methyl/N-ethyl adjacent to an activating group) is 1. The summed E-state index contributed by atoms with van der Waals surface area (Å²) in [6, 6.07) is 10.6. The molecule has 3 rings (SSSR count). The summed E-state index contributed by atoms with van der Waals surface area (Å²) in [4.78, 5) is 11.5. The van der Waals surface area contributed by atoms with E-state index in [2.05, 4.69) is 65.5 Å². The molecule has 1 fully saturated rings. The summed E-state index contributed by atoms with van der Waals surface area (Å²) < 4.78 is 0. The van der Waals surface area contributed by atoms with E-state index in [9.17, 15) is 0 Å². The topological polar surface area (TPSA) is 60.4 Å². The molecule has 1 N–H and O–H groups in total. The summed E-state index contributed by atoms with van der Waals surface area (Å²) in [6.45, 7) is 6.73. The molecule has 0 unspecified atom stereocenters. The molecule has 2 heterocycles. The van der Waals surface area contributed by atoms with Crippen molar-refractivity contribution in [1.29, 1.82) is 0 Å². The van der Waals surface area contributed by atoms with Gasteiger partial charge in [-0.15, -0.1) is 5.10 Å². The van der Waals surface area contributed by atoms with Gasteiger partial charge in [0.25, 0.3) is 0 Å². The van der Waals surface area contributed by atoms with Crippen LogP contribution in [0.15, 0.2) is 36.5 Å². The van der Waals surface area contributed by atoms with Crippen molar-refractivity contribution in [3.8, 4) is 0 Å². The van der Waals surface area contributed by atoms with E-state index in [0.717, 1.165) is 51.6 Å². The predicted octanol–water partition coefficient (Wildman–Crippen LogP) is 1.17. The Kier molecular flexibility index (Phi) is 6.14. The van der Waals surface area contributed by atoms with E-state index in [0.29, 0.717) is 5.95 Å². The second kappa shape index (κ2) is 8.73. The highest BCUT2D eigenvalue weighted by molar-refractivity contribution is 5.40. The molecule has 7 nitrogen and oxygen atoms in total. The average Bonchev–Trinajstić information content (AvgIpc) is 2.63. The number of hydrogen-bond donors (Lipinski definition) is 1. The lowest BCUT2D eigenvalue weighted by atomic mass is 10.2. The van der Waals surface area contributed by atoms with Gasteiger partial charge in [-0.05, 0) is 19.7 Å². The maximum absolute atomic E-state index is 4.61. The van der Waals surface area contributed by atoms with Crippen LogP contribution in [-0.4, -0.2) is 78.3 Å². The molecular weight excluding hydrogens is 314 g/mol. The Morgan fingerprint density at radius 2 is 1.84 bits per heavy atom. The lowest BCUT2D eigenvalue weighted by Crippen LogP contribution is -2.46. The minimum absolute atomic E-state index is 0.603. The van der Waals surface area contributed by atoms with E-state index >= 15 is 0 Å². The summed E-state index contributed by atoms with van der Waals surface area (Å²) in [6.07, 6.45) is 1.75. The van der Waals surface area contributed by atoms with Crippen LogP contribution in [0.4, 0.5) is 11.8 Å². The molecule has 0 atom stereocenters. The van der Waals surface area contributed by atoms with E-state index in [1.54, 1.807) is 6.20 Å². The fourth-order valence-corrected chi connectivity index (χ4v) is 2.89. The first-order valence-corrected chi connectivity index (χ1v) is 8.80. The van der Waals surface area contributed by atoms with Gasteiger partial charge in [-0.3, -0.25) is 4.90 Å². The Bertz CT molecular complexity index is 639. The minimum Gasteiger partial charge on any atom is -0.353 e. The number of piperazine rings is 1. The summed E-state index contributed by atoms with van der Waals surface area (Å²) in [7, 11) is 4.10. The first-order chi connectivity index (χ1) is 12.2. The van der Waals surface area contributed by atoms with Crippen molar-refractivity contribution in [2.24, 2.45) is 0 Å². The predicted molar refractivity (Wildman–Crippen MR) is 101 cm³/mol. The van der Waals surface area contributed by atoms with Crippen molar-refractivity contribution in [2.45, 2.75) is 6.54 Å². The molecule has 2 aromatic rings. The summed E-state index contributed by atoms with van der Waals surface area (Å²) >= 11 is 0. The highest BCUT2D eigenvalue weighted by atomic mass is 15.3. The first-order valence-electron chi connectivity index (χ1n) is 8.80. The van der Waals surface area contributed by atoms with Gasteiger partial charge in [-0.2, -0.15) is 10.1 Å². The summed E-state index contributed by atoms with van der Waals surface area (Å²) in [5.41, 5.74) is 1.37. The average molecular weight is 341 g/mol. The molecule has 0 bridgehead atoms. The Morgan fingerprint density at radius 3 is 2.56 bits per heavy atom. The fourth-order valence-electron chi connectivity index (χ4n) is 2.89. The van der Waals surface area contributed by atoms with Crippen LogP contribution in [0.2, 0.25) is 0 Å². The number of anilines is 2. The first kappa shape index (κ1) is 17.6. The third-order valence-electron chi connectivity index (χ3n) is 4.33. The number of hydrogen-bond acceptors (Lipinski definition) is 7. The van der Waals surface area contributed by atoms with Crippen LogP contribution >= 0.6 is 0 Å². The quantitative estimate of drug-likeness (QED) is 0.811. The van der Waals surface area contributed by atoms with Crippen LogP contribution in [0.3, 0.4) is 0 Å². The van der Waals surface area contributed by atoms with Gasteiger partial charge in [0.15, 0.2) is 5.82 Å². The third kappa shape index (κ3) is 5.37. The molecule has 1 aromatic carbocycles. The molecule has 1 saturated heterocycles. The molecule has 134 valence electrons. The van der Waals surface area contributed by atoms with Crippen LogP contribution in [0.25, 0.3) is 0 Å². The van der Waals surface area contributed by atoms with Gasteiger partial charge in [0.2, 0.25) is 5.95 Å². The van der Waals surface area contributed by atoms with Crippen LogP contribution in [-0.2, 0) is 6.54 Å². The van der Waals surface area contributed by atoms with Gasteiger partial charge in [0.05, 0.1) is 6.20 Å². The van der Waals surface area contributed by atoms with Gasteiger partial charge in [0, 0.05) is 45.8 Å². The molecule has 0 spiro atoms. The number of rotatable bonds is 7.